The van der Waals surface area contributed by atoms with Gasteiger partial charge in [-0.3, -0.25) is 14.8 Å². The van der Waals surface area contributed by atoms with E-state index in [0.29, 0.717) is 6.04 Å². The number of ether oxygens (including phenoxy) is 1. The molecule has 2 saturated heterocycles. The maximum atomic E-state index is 5.65. The van der Waals surface area contributed by atoms with Gasteiger partial charge < -0.3 is 4.74 Å². The molecule has 3 heterocycles. The Kier molecular flexibility index (Phi) is 4.60. The minimum Gasteiger partial charge on any atom is -0.378 e. The normalized spacial score (nSPS) is 22.3. The van der Waals surface area contributed by atoms with E-state index in [-0.39, 0.29) is 0 Å². The molecule has 0 spiro atoms. The van der Waals surface area contributed by atoms with Gasteiger partial charge in [-0.25, -0.2) is 0 Å². The van der Waals surface area contributed by atoms with E-state index in [1.54, 1.807) is 0 Å². The van der Waals surface area contributed by atoms with Crippen molar-refractivity contribution in [2.24, 2.45) is 0 Å². The lowest BCUT2D eigenvalue weighted by Gasteiger charge is -2.43. The fourth-order valence-electron chi connectivity index (χ4n) is 3.82. The van der Waals surface area contributed by atoms with Crippen LogP contribution < -0.4 is 0 Å². The lowest BCUT2D eigenvalue weighted by atomic mass is 10.0. The number of rotatable bonds is 3. The van der Waals surface area contributed by atoms with Crippen LogP contribution in [0.15, 0.2) is 42.7 Å². The van der Waals surface area contributed by atoms with Crippen LogP contribution in [0, 0.1) is 6.92 Å². The number of aryl methyl sites for hydroxylation is 1. The predicted octanol–water partition coefficient (Wildman–Crippen LogP) is 2.57. The average Bonchev–Trinajstić information content (AvgIpc) is 2.62. The van der Waals surface area contributed by atoms with Crippen LogP contribution in [-0.2, 0) is 11.3 Å². The maximum Gasteiger partial charge on any atom is 0.0634 e. The Balaban J connectivity index is 1.47. The highest BCUT2D eigenvalue weighted by Gasteiger charge is 2.29. The second kappa shape index (κ2) is 7.01. The first-order chi connectivity index (χ1) is 11.8. The smallest absolute Gasteiger partial charge is 0.0634 e. The quantitative estimate of drug-likeness (QED) is 0.868. The zero-order chi connectivity index (χ0) is 16.4. The van der Waals surface area contributed by atoms with E-state index in [1.165, 1.54) is 22.3 Å². The lowest BCUT2D eigenvalue weighted by molar-refractivity contribution is -0.0461. The Morgan fingerprint density at radius 3 is 3.08 bits per heavy atom. The van der Waals surface area contributed by atoms with Crippen LogP contribution in [0.4, 0.5) is 0 Å². The predicted molar refractivity (Wildman–Crippen MR) is 95.9 cm³/mol. The fourth-order valence-corrected chi connectivity index (χ4v) is 3.82. The Morgan fingerprint density at radius 2 is 2.17 bits per heavy atom. The molecule has 1 unspecified atom stereocenters. The summed E-state index contributed by atoms with van der Waals surface area (Å²) in [5, 5.41) is 0. The molecule has 0 saturated carbocycles. The van der Waals surface area contributed by atoms with Gasteiger partial charge in [0.05, 0.1) is 13.2 Å². The largest absolute Gasteiger partial charge is 0.378 e. The van der Waals surface area contributed by atoms with Crippen molar-refractivity contribution in [1.82, 2.24) is 14.8 Å². The van der Waals surface area contributed by atoms with Crippen molar-refractivity contribution >= 4 is 0 Å². The number of fused-ring (bicyclic) bond motifs is 1. The van der Waals surface area contributed by atoms with E-state index in [1.807, 2.05) is 12.4 Å². The van der Waals surface area contributed by atoms with Crippen molar-refractivity contribution in [3.05, 3.63) is 53.9 Å². The van der Waals surface area contributed by atoms with Crippen molar-refractivity contribution < 1.29 is 4.74 Å². The molecule has 2 fully saturated rings. The molecule has 0 bridgehead atoms. The van der Waals surface area contributed by atoms with Crippen LogP contribution in [0.2, 0.25) is 0 Å². The maximum absolute atomic E-state index is 5.65. The first-order valence-electron chi connectivity index (χ1n) is 8.84. The molecule has 0 radical (unpaired) electrons. The molecule has 4 nitrogen and oxygen atoms in total. The van der Waals surface area contributed by atoms with Gasteiger partial charge in [-0.2, -0.15) is 0 Å². The molecule has 0 amide bonds. The zero-order valence-electron chi connectivity index (χ0n) is 14.3. The summed E-state index contributed by atoms with van der Waals surface area (Å²) < 4.78 is 5.65. The van der Waals surface area contributed by atoms with Gasteiger partial charge in [0.25, 0.3) is 0 Å². The lowest BCUT2D eigenvalue weighted by Crippen LogP contribution is -2.57. The van der Waals surface area contributed by atoms with Gasteiger partial charge in [-0.05, 0) is 35.7 Å². The van der Waals surface area contributed by atoms with E-state index in [4.69, 9.17) is 4.74 Å². The van der Waals surface area contributed by atoms with Crippen molar-refractivity contribution in [2.45, 2.75) is 19.5 Å². The van der Waals surface area contributed by atoms with Gasteiger partial charge >= 0.3 is 0 Å². The highest BCUT2D eigenvalue weighted by molar-refractivity contribution is 5.66. The third kappa shape index (κ3) is 3.36. The van der Waals surface area contributed by atoms with Gasteiger partial charge in [-0.15, -0.1) is 0 Å². The van der Waals surface area contributed by atoms with Gasteiger partial charge in [0, 0.05) is 56.7 Å². The molecule has 4 rings (SSSR count). The number of hydrogen-bond donors (Lipinski definition) is 0. The van der Waals surface area contributed by atoms with Crippen LogP contribution in [0.3, 0.4) is 0 Å². The van der Waals surface area contributed by atoms with Crippen LogP contribution in [-0.4, -0.2) is 60.2 Å². The van der Waals surface area contributed by atoms with Crippen LogP contribution >= 0.6 is 0 Å². The van der Waals surface area contributed by atoms with Crippen LogP contribution in [0.25, 0.3) is 11.1 Å². The van der Waals surface area contributed by atoms with Crippen LogP contribution in [0.5, 0.6) is 0 Å². The van der Waals surface area contributed by atoms with Crippen molar-refractivity contribution in [3.8, 4) is 11.1 Å². The fraction of sp³-hybridized carbons (Fsp3) is 0.450. The summed E-state index contributed by atoms with van der Waals surface area (Å²) in [4.78, 5) is 9.42. The summed E-state index contributed by atoms with van der Waals surface area (Å²) in [6.45, 7) is 9.43. The summed E-state index contributed by atoms with van der Waals surface area (Å²) in [6.07, 6.45) is 3.82. The third-order valence-corrected chi connectivity index (χ3v) is 5.21. The minimum atomic E-state index is 0.566. The molecule has 1 atom stereocenters. The van der Waals surface area contributed by atoms with E-state index in [2.05, 4.69) is 52.0 Å². The first-order valence-corrected chi connectivity index (χ1v) is 8.84. The van der Waals surface area contributed by atoms with Crippen molar-refractivity contribution in [2.75, 3.05) is 39.4 Å². The molecule has 2 aliphatic rings. The van der Waals surface area contributed by atoms with Crippen molar-refractivity contribution in [3.63, 3.8) is 0 Å². The van der Waals surface area contributed by atoms with Crippen LogP contribution in [0.1, 0.15) is 11.1 Å². The van der Waals surface area contributed by atoms with Gasteiger partial charge in [0.1, 0.15) is 0 Å². The molecule has 126 valence electrons. The van der Waals surface area contributed by atoms with Gasteiger partial charge in [0.15, 0.2) is 0 Å². The van der Waals surface area contributed by atoms with Gasteiger partial charge in [-0.1, -0.05) is 18.2 Å². The summed E-state index contributed by atoms with van der Waals surface area (Å²) in [7, 11) is 0. The molecule has 4 heteroatoms. The van der Waals surface area contributed by atoms with E-state index in [9.17, 15) is 0 Å². The Hall–Kier alpha value is -1.75. The molecule has 1 aromatic carbocycles. The summed E-state index contributed by atoms with van der Waals surface area (Å²) in [6, 6.07) is 11.5. The second-order valence-electron chi connectivity index (χ2n) is 6.89. The Morgan fingerprint density at radius 1 is 1.21 bits per heavy atom. The topological polar surface area (TPSA) is 28.6 Å². The minimum absolute atomic E-state index is 0.566. The van der Waals surface area contributed by atoms with Crippen molar-refractivity contribution in [1.29, 1.82) is 0 Å². The average molecular weight is 323 g/mol. The zero-order valence-corrected chi connectivity index (χ0v) is 14.3. The number of pyridine rings is 1. The summed E-state index contributed by atoms with van der Waals surface area (Å²) in [5.74, 6) is 0. The number of nitrogens with zero attached hydrogens (tertiary/aromatic N) is 3. The monoisotopic (exact) mass is 323 g/mol. The number of aromatic nitrogens is 1. The number of benzene rings is 1. The SMILES string of the molecule is Cc1ccncc1-c1cccc(CN2CCN3CCOCC3C2)c1. The van der Waals surface area contributed by atoms with E-state index >= 15 is 0 Å². The molecule has 1 aromatic heterocycles. The highest BCUT2D eigenvalue weighted by atomic mass is 16.5. The molecular formula is C20H25N3O. The molecule has 24 heavy (non-hydrogen) atoms. The first kappa shape index (κ1) is 15.8. The highest BCUT2D eigenvalue weighted by Crippen LogP contribution is 2.24. The Labute approximate surface area is 144 Å². The third-order valence-electron chi connectivity index (χ3n) is 5.21. The number of morpholine rings is 1. The molecule has 2 aliphatic heterocycles. The summed E-state index contributed by atoms with van der Waals surface area (Å²) in [5.41, 5.74) is 5.14. The standard InChI is InChI=1S/C20H25N3O/c1-16-5-6-21-12-20(16)18-4-2-3-17(11-18)13-22-7-8-23-9-10-24-15-19(23)14-22/h2-6,11-12,19H,7-10,13-15H2,1H3. The summed E-state index contributed by atoms with van der Waals surface area (Å²) >= 11 is 0. The Bertz CT molecular complexity index is 703. The van der Waals surface area contributed by atoms with E-state index in [0.717, 1.165) is 45.9 Å². The molecular weight excluding hydrogens is 298 g/mol. The number of piperazine rings is 1. The van der Waals surface area contributed by atoms with E-state index < -0.39 is 0 Å². The van der Waals surface area contributed by atoms with Gasteiger partial charge in [0.2, 0.25) is 0 Å². The number of hydrogen-bond acceptors (Lipinski definition) is 4. The molecule has 0 N–H and O–H groups in total. The molecule has 0 aliphatic carbocycles. The second-order valence-corrected chi connectivity index (χ2v) is 6.89. The molecule has 2 aromatic rings.